The van der Waals surface area contributed by atoms with E-state index in [-0.39, 0.29) is 23.7 Å². The van der Waals surface area contributed by atoms with E-state index < -0.39 is 5.97 Å². The lowest BCUT2D eigenvalue weighted by atomic mass is 10.2. The maximum Gasteiger partial charge on any atom is 0.335 e. The van der Waals surface area contributed by atoms with Crippen LogP contribution in [0.4, 0.5) is 5.82 Å². The van der Waals surface area contributed by atoms with Gasteiger partial charge in [0.25, 0.3) is 0 Å². The molecule has 0 saturated carbocycles. The van der Waals surface area contributed by atoms with Crippen molar-refractivity contribution in [2.24, 2.45) is 0 Å². The molecule has 3 heterocycles. The first kappa shape index (κ1) is 13.3. The Balaban J connectivity index is 1.70. The van der Waals surface area contributed by atoms with Crippen molar-refractivity contribution in [1.29, 1.82) is 0 Å². The summed E-state index contributed by atoms with van der Waals surface area (Å²) in [5, 5.41) is 13.4. The van der Waals surface area contributed by atoms with Gasteiger partial charge in [-0.3, -0.25) is 9.20 Å². The number of carbonyl (C=O) groups is 2. The van der Waals surface area contributed by atoms with E-state index in [4.69, 9.17) is 5.11 Å². The summed E-state index contributed by atoms with van der Waals surface area (Å²) in [6.07, 6.45) is 5.10. The SMILES string of the molecule is O=C(Cc1cn2ccsc2n1)Nc1cc(C(=O)O)ccn1. The van der Waals surface area contributed by atoms with Crippen molar-refractivity contribution in [1.82, 2.24) is 14.4 Å². The molecule has 0 aromatic carbocycles. The molecule has 2 N–H and O–H groups in total. The molecule has 0 aliphatic rings. The number of anilines is 1. The molecule has 0 aliphatic heterocycles. The molecule has 0 saturated heterocycles. The van der Waals surface area contributed by atoms with E-state index in [1.165, 1.54) is 29.7 Å². The topological polar surface area (TPSA) is 96.6 Å². The predicted octanol–water partition coefficient (Wildman–Crippen LogP) is 1.67. The molecular formula is C13H10N4O3S. The second-order valence-corrected chi connectivity index (χ2v) is 5.16. The minimum absolute atomic E-state index is 0.0720. The Morgan fingerprint density at radius 1 is 1.43 bits per heavy atom. The van der Waals surface area contributed by atoms with Crippen LogP contribution < -0.4 is 5.32 Å². The Labute approximate surface area is 122 Å². The monoisotopic (exact) mass is 302 g/mol. The summed E-state index contributed by atoms with van der Waals surface area (Å²) >= 11 is 1.49. The van der Waals surface area contributed by atoms with Crippen molar-refractivity contribution in [3.8, 4) is 0 Å². The quantitative estimate of drug-likeness (QED) is 0.764. The number of nitrogens with zero attached hydrogens (tertiary/aromatic N) is 3. The summed E-state index contributed by atoms with van der Waals surface area (Å²) in [4.78, 5) is 31.8. The number of carboxylic acid groups (broad SMARTS) is 1. The van der Waals surface area contributed by atoms with Crippen LogP contribution in [0.1, 0.15) is 16.1 Å². The molecule has 1 amide bonds. The molecule has 0 bridgehead atoms. The van der Waals surface area contributed by atoms with Gasteiger partial charge < -0.3 is 10.4 Å². The first-order valence-electron chi connectivity index (χ1n) is 6.02. The fraction of sp³-hybridized carbons (Fsp3) is 0.0769. The molecular weight excluding hydrogens is 292 g/mol. The maximum atomic E-state index is 11.9. The molecule has 0 aliphatic carbocycles. The minimum Gasteiger partial charge on any atom is -0.478 e. The highest BCUT2D eigenvalue weighted by Gasteiger charge is 2.10. The van der Waals surface area contributed by atoms with Gasteiger partial charge in [-0.2, -0.15) is 0 Å². The average Bonchev–Trinajstić information content (AvgIpc) is 2.99. The number of aromatic carboxylic acids is 1. The third-order valence-corrected chi connectivity index (χ3v) is 3.53. The van der Waals surface area contributed by atoms with Crippen LogP contribution in [0.15, 0.2) is 36.1 Å². The number of amides is 1. The Morgan fingerprint density at radius 3 is 3.05 bits per heavy atom. The lowest BCUT2D eigenvalue weighted by molar-refractivity contribution is -0.115. The number of imidazole rings is 1. The molecule has 3 aromatic heterocycles. The number of pyridine rings is 1. The molecule has 8 heteroatoms. The molecule has 106 valence electrons. The first-order valence-corrected chi connectivity index (χ1v) is 6.90. The number of rotatable bonds is 4. The first-order chi connectivity index (χ1) is 10.1. The standard InChI is InChI=1S/C13H10N4O3S/c18-11(6-9-7-17-3-4-21-13(17)15-9)16-10-5-8(12(19)20)1-2-14-10/h1-5,7H,6H2,(H,19,20)(H,14,16,18). The van der Waals surface area contributed by atoms with E-state index in [1.54, 1.807) is 6.20 Å². The van der Waals surface area contributed by atoms with Crippen molar-refractivity contribution in [3.63, 3.8) is 0 Å². The van der Waals surface area contributed by atoms with Crippen molar-refractivity contribution < 1.29 is 14.7 Å². The zero-order chi connectivity index (χ0) is 14.8. The van der Waals surface area contributed by atoms with Gasteiger partial charge in [0.15, 0.2) is 4.96 Å². The summed E-state index contributed by atoms with van der Waals surface area (Å²) < 4.78 is 1.84. The lowest BCUT2D eigenvalue weighted by Gasteiger charge is -2.03. The maximum absolute atomic E-state index is 11.9. The molecule has 0 radical (unpaired) electrons. The smallest absolute Gasteiger partial charge is 0.335 e. The van der Waals surface area contributed by atoms with Crippen LogP contribution in [0, 0.1) is 0 Å². The molecule has 0 fully saturated rings. The van der Waals surface area contributed by atoms with E-state index in [9.17, 15) is 9.59 Å². The third-order valence-electron chi connectivity index (χ3n) is 2.76. The van der Waals surface area contributed by atoms with Crippen LogP contribution in [-0.2, 0) is 11.2 Å². The molecule has 3 rings (SSSR count). The largest absolute Gasteiger partial charge is 0.478 e. The number of fused-ring (bicyclic) bond motifs is 1. The van der Waals surface area contributed by atoms with Gasteiger partial charge in [-0.25, -0.2) is 14.8 Å². The number of carboxylic acids is 1. The van der Waals surface area contributed by atoms with Gasteiger partial charge in [0, 0.05) is 24.0 Å². The Morgan fingerprint density at radius 2 is 2.29 bits per heavy atom. The van der Waals surface area contributed by atoms with Crippen LogP contribution >= 0.6 is 11.3 Å². The number of hydrogen-bond donors (Lipinski definition) is 2. The highest BCUT2D eigenvalue weighted by molar-refractivity contribution is 7.15. The zero-order valence-electron chi connectivity index (χ0n) is 10.7. The van der Waals surface area contributed by atoms with Crippen LogP contribution in [-0.4, -0.2) is 31.4 Å². The van der Waals surface area contributed by atoms with E-state index in [2.05, 4.69) is 15.3 Å². The van der Waals surface area contributed by atoms with Gasteiger partial charge in [-0.05, 0) is 12.1 Å². The number of nitrogens with one attached hydrogen (secondary N) is 1. The van der Waals surface area contributed by atoms with Gasteiger partial charge in [0.1, 0.15) is 5.82 Å². The minimum atomic E-state index is -1.07. The van der Waals surface area contributed by atoms with Gasteiger partial charge in [-0.15, -0.1) is 11.3 Å². The van der Waals surface area contributed by atoms with Gasteiger partial charge >= 0.3 is 5.97 Å². The summed E-state index contributed by atoms with van der Waals surface area (Å²) in [7, 11) is 0. The highest BCUT2D eigenvalue weighted by atomic mass is 32.1. The van der Waals surface area contributed by atoms with Gasteiger partial charge in [0.05, 0.1) is 17.7 Å². The van der Waals surface area contributed by atoms with Crippen LogP contribution in [0.3, 0.4) is 0 Å². The Kier molecular flexibility index (Phi) is 3.36. The van der Waals surface area contributed by atoms with Crippen molar-refractivity contribution >= 4 is 34.0 Å². The van der Waals surface area contributed by atoms with E-state index in [1.807, 2.05) is 16.0 Å². The number of carbonyl (C=O) groups excluding carboxylic acids is 1. The highest BCUT2D eigenvalue weighted by Crippen LogP contribution is 2.12. The number of hydrogen-bond acceptors (Lipinski definition) is 5. The molecule has 0 atom stereocenters. The zero-order valence-corrected chi connectivity index (χ0v) is 11.5. The lowest BCUT2D eigenvalue weighted by Crippen LogP contribution is -2.16. The summed E-state index contributed by atoms with van der Waals surface area (Å²) in [5.74, 6) is -1.15. The number of thiazole rings is 1. The van der Waals surface area contributed by atoms with Crippen LogP contribution in [0.5, 0.6) is 0 Å². The van der Waals surface area contributed by atoms with Gasteiger partial charge in [-0.1, -0.05) is 0 Å². The second-order valence-electron chi connectivity index (χ2n) is 4.28. The summed E-state index contributed by atoms with van der Waals surface area (Å²) in [5.41, 5.74) is 0.719. The Hall–Kier alpha value is -2.74. The summed E-state index contributed by atoms with van der Waals surface area (Å²) in [6, 6.07) is 2.67. The molecule has 0 spiro atoms. The average molecular weight is 302 g/mol. The fourth-order valence-electron chi connectivity index (χ4n) is 1.84. The van der Waals surface area contributed by atoms with E-state index in [0.29, 0.717) is 5.69 Å². The predicted molar refractivity (Wildman–Crippen MR) is 76.6 cm³/mol. The fourth-order valence-corrected chi connectivity index (χ4v) is 2.56. The second kappa shape index (κ2) is 5.33. The summed E-state index contributed by atoms with van der Waals surface area (Å²) in [6.45, 7) is 0. The van der Waals surface area contributed by atoms with Crippen molar-refractivity contribution in [2.75, 3.05) is 5.32 Å². The van der Waals surface area contributed by atoms with Crippen molar-refractivity contribution in [2.45, 2.75) is 6.42 Å². The molecule has 3 aromatic rings. The van der Waals surface area contributed by atoms with Crippen molar-refractivity contribution in [3.05, 3.63) is 47.4 Å². The molecule has 7 nitrogen and oxygen atoms in total. The van der Waals surface area contributed by atoms with E-state index >= 15 is 0 Å². The molecule has 0 unspecified atom stereocenters. The normalized spacial score (nSPS) is 10.7. The van der Waals surface area contributed by atoms with Crippen LogP contribution in [0.2, 0.25) is 0 Å². The number of aromatic nitrogens is 3. The Bertz CT molecular complexity index is 795. The molecule has 21 heavy (non-hydrogen) atoms. The van der Waals surface area contributed by atoms with Gasteiger partial charge in [0.2, 0.25) is 5.91 Å². The van der Waals surface area contributed by atoms with E-state index in [0.717, 1.165) is 4.96 Å². The van der Waals surface area contributed by atoms with Crippen LogP contribution in [0.25, 0.3) is 4.96 Å². The third kappa shape index (κ3) is 2.90.